The predicted octanol–water partition coefficient (Wildman–Crippen LogP) is 3.34. The van der Waals surface area contributed by atoms with Gasteiger partial charge in [0.05, 0.1) is 0 Å². The highest BCUT2D eigenvalue weighted by molar-refractivity contribution is 5.89. The predicted molar refractivity (Wildman–Crippen MR) is 97.3 cm³/mol. The van der Waals surface area contributed by atoms with E-state index < -0.39 is 11.6 Å². The maximum atomic E-state index is 13.3. The summed E-state index contributed by atoms with van der Waals surface area (Å²) in [4.78, 5) is 23.0. The minimum atomic E-state index is -0.722. The van der Waals surface area contributed by atoms with Crippen LogP contribution in [0.5, 0.6) is 0 Å². The molecule has 6 nitrogen and oxygen atoms in total. The molecule has 0 saturated carbocycles. The Morgan fingerprint density at radius 2 is 2.07 bits per heavy atom. The van der Waals surface area contributed by atoms with Crippen molar-refractivity contribution in [3.8, 4) is 0 Å². The van der Waals surface area contributed by atoms with Crippen LogP contribution in [-0.4, -0.2) is 38.6 Å². The Labute approximate surface area is 154 Å². The molecule has 3 aromatic rings. The van der Waals surface area contributed by atoms with Crippen molar-refractivity contribution in [2.24, 2.45) is 13.0 Å². The van der Waals surface area contributed by atoms with E-state index in [4.69, 9.17) is 0 Å². The lowest BCUT2D eigenvalue weighted by molar-refractivity contribution is 0.220. The summed E-state index contributed by atoms with van der Waals surface area (Å²) in [5.74, 6) is -0.237. The first-order valence-electron chi connectivity index (χ1n) is 8.78. The van der Waals surface area contributed by atoms with Gasteiger partial charge in [-0.2, -0.15) is 0 Å². The van der Waals surface area contributed by atoms with E-state index in [1.54, 1.807) is 11.1 Å². The zero-order valence-corrected chi connectivity index (χ0v) is 14.8. The number of benzene rings is 1. The van der Waals surface area contributed by atoms with Crippen molar-refractivity contribution in [1.82, 2.24) is 19.4 Å². The number of carbonyl (C=O) groups is 1. The normalized spacial score (nSPS) is 16.9. The summed E-state index contributed by atoms with van der Waals surface area (Å²) >= 11 is 0. The van der Waals surface area contributed by atoms with Gasteiger partial charge < -0.3 is 14.8 Å². The summed E-state index contributed by atoms with van der Waals surface area (Å²) < 4.78 is 28.5. The molecule has 1 aliphatic heterocycles. The molecule has 0 aliphatic carbocycles. The largest absolute Gasteiger partial charge is 0.324 e. The zero-order chi connectivity index (χ0) is 19.0. The Morgan fingerprint density at radius 3 is 2.81 bits per heavy atom. The third-order valence-corrected chi connectivity index (χ3v) is 4.88. The SMILES string of the molecule is Cn1c(C[C@H]2CCN(C(=O)Nc3cc(F)cc(F)c3)C2)nc2cccnc21. The number of aromatic nitrogens is 3. The Kier molecular flexibility index (Phi) is 4.47. The number of likely N-dealkylation sites (tertiary alicyclic amines) is 1. The van der Waals surface area contributed by atoms with Crippen LogP contribution in [0.15, 0.2) is 36.5 Å². The molecule has 140 valence electrons. The fraction of sp³-hybridized carbons (Fsp3) is 0.316. The molecule has 2 aromatic heterocycles. The van der Waals surface area contributed by atoms with Crippen LogP contribution < -0.4 is 5.32 Å². The molecule has 1 fully saturated rings. The number of rotatable bonds is 3. The molecule has 8 heteroatoms. The first-order chi connectivity index (χ1) is 13.0. The zero-order valence-electron chi connectivity index (χ0n) is 14.8. The molecule has 1 N–H and O–H groups in total. The van der Waals surface area contributed by atoms with Crippen molar-refractivity contribution in [3.63, 3.8) is 0 Å². The second-order valence-electron chi connectivity index (χ2n) is 6.83. The number of hydrogen-bond acceptors (Lipinski definition) is 3. The molecular weight excluding hydrogens is 352 g/mol. The van der Waals surface area contributed by atoms with Gasteiger partial charge in [-0.1, -0.05) is 0 Å². The molecule has 0 bridgehead atoms. The first kappa shape index (κ1) is 17.4. The number of carbonyl (C=O) groups excluding carboxylic acids is 1. The number of nitrogens with zero attached hydrogens (tertiary/aromatic N) is 4. The lowest BCUT2D eigenvalue weighted by atomic mass is 10.0. The van der Waals surface area contributed by atoms with Crippen LogP contribution in [0.3, 0.4) is 0 Å². The van der Waals surface area contributed by atoms with Gasteiger partial charge in [-0.15, -0.1) is 0 Å². The lowest BCUT2D eigenvalue weighted by Gasteiger charge is -2.17. The van der Waals surface area contributed by atoms with E-state index in [2.05, 4.69) is 15.3 Å². The number of imidazole rings is 1. The van der Waals surface area contributed by atoms with Gasteiger partial charge in [-0.05, 0) is 36.6 Å². The molecule has 27 heavy (non-hydrogen) atoms. The number of urea groups is 1. The van der Waals surface area contributed by atoms with Gasteiger partial charge in [-0.3, -0.25) is 0 Å². The molecule has 4 rings (SSSR count). The average Bonchev–Trinajstić information content (AvgIpc) is 3.20. The van der Waals surface area contributed by atoms with Gasteiger partial charge in [0.15, 0.2) is 5.65 Å². The van der Waals surface area contributed by atoms with Gasteiger partial charge in [-0.25, -0.2) is 23.5 Å². The van der Waals surface area contributed by atoms with Crippen LogP contribution in [0.2, 0.25) is 0 Å². The summed E-state index contributed by atoms with van der Waals surface area (Å²) in [6.45, 7) is 1.16. The van der Waals surface area contributed by atoms with Crippen molar-refractivity contribution in [2.45, 2.75) is 12.8 Å². The third-order valence-electron chi connectivity index (χ3n) is 4.88. The van der Waals surface area contributed by atoms with E-state index >= 15 is 0 Å². The van der Waals surface area contributed by atoms with Crippen LogP contribution >= 0.6 is 0 Å². The second kappa shape index (κ2) is 6.94. The topological polar surface area (TPSA) is 63.1 Å². The fourth-order valence-corrected chi connectivity index (χ4v) is 3.52. The Balaban J connectivity index is 1.40. The quantitative estimate of drug-likeness (QED) is 0.768. The molecule has 1 atom stereocenters. The maximum Gasteiger partial charge on any atom is 0.321 e. The highest BCUT2D eigenvalue weighted by Crippen LogP contribution is 2.23. The van der Waals surface area contributed by atoms with E-state index in [1.165, 1.54) is 0 Å². The summed E-state index contributed by atoms with van der Waals surface area (Å²) in [6.07, 6.45) is 3.33. The highest BCUT2D eigenvalue weighted by atomic mass is 19.1. The molecule has 0 unspecified atom stereocenters. The second-order valence-corrected chi connectivity index (χ2v) is 6.83. The number of halogens is 2. The first-order valence-corrected chi connectivity index (χ1v) is 8.78. The maximum absolute atomic E-state index is 13.3. The average molecular weight is 371 g/mol. The molecule has 1 aliphatic rings. The number of fused-ring (bicyclic) bond motifs is 1. The van der Waals surface area contributed by atoms with Crippen molar-refractivity contribution in [3.05, 3.63) is 54.0 Å². The number of anilines is 1. The number of hydrogen-bond donors (Lipinski definition) is 1. The van der Waals surface area contributed by atoms with Crippen LogP contribution in [0.1, 0.15) is 12.2 Å². The Bertz CT molecular complexity index is 983. The lowest BCUT2D eigenvalue weighted by Crippen LogP contribution is -2.33. The third kappa shape index (κ3) is 3.60. The van der Waals surface area contributed by atoms with Gasteiger partial charge in [0, 0.05) is 44.5 Å². The minimum absolute atomic E-state index is 0.113. The van der Waals surface area contributed by atoms with E-state index in [-0.39, 0.29) is 17.6 Å². The monoisotopic (exact) mass is 371 g/mol. The minimum Gasteiger partial charge on any atom is -0.324 e. The summed E-state index contributed by atoms with van der Waals surface area (Å²) in [6, 6.07) is 6.40. The molecule has 1 saturated heterocycles. The molecule has 0 spiro atoms. The summed E-state index contributed by atoms with van der Waals surface area (Å²) in [5.41, 5.74) is 1.81. The Hall–Kier alpha value is -3.03. The van der Waals surface area contributed by atoms with E-state index in [0.717, 1.165) is 48.0 Å². The van der Waals surface area contributed by atoms with Crippen LogP contribution in [0.25, 0.3) is 11.2 Å². The Morgan fingerprint density at radius 1 is 1.30 bits per heavy atom. The number of pyridine rings is 1. The van der Waals surface area contributed by atoms with Gasteiger partial charge in [0.25, 0.3) is 0 Å². The van der Waals surface area contributed by atoms with E-state index in [9.17, 15) is 13.6 Å². The van der Waals surface area contributed by atoms with Crippen molar-refractivity contribution >= 4 is 22.9 Å². The molecule has 2 amide bonds. The smallest absolute Gasteiger partial charge is 0.321 e. The molecule has 1 aromatic carbocycles. The van der Waals surface area contributed by atoms with Gasteiger partial charge >= 0.3 is 6.03 Å². The van der Waals surface area contributed by atoms with Crippen LogP contribution in [0, 0.1) is 17.6 Å². The van der Waals surface area contributed by atoms with Crippen molar-refractivity contribution in [1.29, 1.82) is 0 Å². The van der Waals surface area contributed by atoms with Crippen molar-refractivity contribution < 1.29 is 13.6 Å². The van der Waals surface area contributed by atoms with E-state index in [1.807, 2.05) is 23.7 Å². The van der Waals surface area contributed by atoms with Crippen LogP contribution in [0.4, 0.5) is 19.3 Å². The van der Waals surface area contributed by atoms with Crippen LogP contribution in [-0.2, 0) is 13.5 Å². The molecule has 0 radical (unpaired) electrons. The number of amides is 2. The van der Waals surface area contributed by atoms with E-state index in [0.29, 0.717) is 13.1 Å². The summed E-state index contributed by atoms with van der Waals surface area (Å²) in [5, 5.41) is 2.56. The molecular formula is C19H19F2N5O. The number of aryl methyl sites for hydroxylation is 1. The van der Waals surface area contributed by atoms with Crippen molar-refractivity contribution in [2.75, 3.05) is 18.4 Å². The number of nitrogens with one attached hydrogen (secondary N) is 1. The highest BCUT2D eigenvalue weighted by Gasteiger charge is 2.28. The molecule has 3 heterocycles. The standard InChI is InChI=1S/C19H19F2N5O/c1-25-17(24-16-3-2-5-22-18(16)25)7-12-4-6-26(11-12)19(27)23-15-9-13(20)8-14(21)10-15/h2-3,5,8-10,12H,4,6-7,11H2,1H3,(H,23,27)/t12-/m1/s1. The van der Waals surface area contributed by atoms with Gasteiger partial charge in [0.1, 0.15) is 23.0 Å². The van der Waals surface area contributed by atoms with Gasteiger partial charge in [0.2, 0.25) is 0 Å². The fourth-order valence-electron chi connectivity index (χ4n) is 3.52. The summed E-state index contributed by atoms with van der Waals surface area (Å²) in [7, 11) is 1.94.